The van der Waals surface area contributed by atoms with Crippen LogP contribution < -0.4 is 5.32 Å². The molecule has 4 nitrogen and oxygen atoms in total. The Morgan fingerprint density at radius 1 is 1.40 bits per heavy atom. The molecule has 2 N–H and O–H groups in total. The van der Waals surface area contributed by atoms with Crippen LogP contribution in [0.4, 0.5) is 0 Å². The molecule has 0 aliphatic heterocycles. The molecular formula is C16H17NO3. The zero-order chi connectivity index (χ0) is 14.4. The summed E-state index contributed by atoms with van der Waals surface area (Å²) >= 11 is 0. The van der Waals surface area contributed by atoms with Gasteiger partial charge in [-0.3, -0.25) is 4.79 Å². The van der Waals surface area contributed by atoms with Gasteiger partial charge in [-0.05, 0) is 30.7 Å². The van der Waals surface area contributed by atoms with E-state index < -0.39 is 6.04 Å². The molecule has 1 amide bonds. The standard InChI is InChI=1S/C16H17NO3/c1-12-4-2-5-13(10-12)7-8-16(19)17-14(11-18)15-6-3-9-20-15/h2-10,14,18H,11H2,1H3,(H,17,19)/b8-7+. The van der Waals surface area contributed by atoms with E-state index in [1.54, 1.807) is 18.2 Å². The van der Waals surface area contributed by atoms with Crippen molar-refractivity contribution in [2.24, 2.45) is 0 Å². The minimum absolute atomic E-state index is 0.211. The monoisotopic (exact) mass is 271 g/mol. The number of hydrogen-bond donors (Lipinski definition) is 2. The molecule has 0 fully saturated rings. The molecule has 2 rings (SSSR count). The van der Waals surface area contributed by atoms with Crippen molar-refractivity contribution in [1.82, 2.24) is 5.32 Å². The van der Waals surface area contributed by atoms with Crippen LogP contribution in [0.25, 0.3) is 6.08 Å². The Hall–Kier alpha value is -2.33. The topological polar surface area (TPSA) is 62.5 Å². The van der Waals surface area contributed by atoms with E-state index in [-0.39, 0.29) is 12.5 Å². The minimum Gasteiger partial charge on any atom is -0.467 e. The molecule has 0 aliphatic rings. The minimum atomic E-state index is -0.528. The van der Waals surface area contributed by atoms with Crippen molar-refractivity contribution < 1.29 is 14.3 Å². The van der Waals surface area contributed by atoms with Crippen molar-refractivity contribution in [2.75, 3.05) is 6.61 Å². The summed E-state index contributed by atoms with van der Waals surface area (Å²) in [4.78, 5) is 11.8. The second-order valence-electron chi connectivity index (χ2n) is 4.51. The fraction of sp³-hybridized carbons (Fsp3) is 0.188. The average molecular weight is 271 g/mol. The molecule has 0 saturated carbocycles. The number of carbonyl (C=O) groups is 1. The number of aliphatic hydroxyl groups excluding tert-OH is 1. The first-order valence-corrected chi connectivity index (χ1v) is 6.38. The van der Waals surface area contributed by atoms with Gasteiger partial charge in [-0.1, -0.05) is 29.8 Å². The van der Waals surface area contributed by atoms with Gasteiger partial charge in [0.15, 0.2) is 0 Å². The summed E-state index contributed by atoms with van der Waals surface area (Å²) in [6.07, 6.45) is 4.69. The van der Waals surface area contributed by atoms with Crippen LogP contribution in [0, 0.1) is 6.92 Å². The van der Waals surface area contributed by atoms with Crippen LogP contribution in [0.15, 0.2) is 53.2 Å². The van der Waals surface area contributed by atoms with Crippen molar-refractivity contribution in [2.45, 2.75) is 13.0 Å². The van der Waals surface area contributed by atoms with Gasteiger partial charge in [-0.2, -0.15) is 0 Å². The van der Waals surface area contributed by atoms with Gasteiger partial charge in [0, 0.05) is 6.08 Å². The number of nitrogens with one attached hydrogen (secondary N) is 1. The zero-order valence-corrected chi connectivity index (χ0v) is 11.2. The molecule has 104 valence electrons. The second kappa shape index (κ2) is 6.73. The van der Waals surface area contributed by atoms with Gasteiger partial charge in [-0.25, -0.2) is 0 Å². The molecule has 20 heavy (non-hydrogen) atoms. The lowest BCUT2D eigenvalue weighted by atomic mass is 10.1. The smallest absolute Gasteiger partial charge is 0.244 e. The van der Waals surface area contributed by atoms with Gasteiger partial charge in [0.25, 0.3) is 0 Å². The van der Waals surface area contributed by atoms with Crippen LogP contribution in [0.3, 0.4) is 0 Å². The summed E-state index contributed by atoms with van der Waals surface area (Å²) < 4.78 is 5.17. The predicted octanol–water partition coefficient (Wildman–Crippen LogP) is 2.45. The van der Waals surface area contributed by atoms with Gasteiger partial charge in [0.2, 0.25) is 5.91 Å². The number of aryl methyl sites for hydroxylation is 1. The Balaban J connectivity index is 1.98. The van der Waals surface area contributed by atoms with E-state index in [1.165, 1.54) is 12.3 Å². The molecule has 1 aromatic carbocycles. The van der Waals surface area contributed by atoms with Crippen LogP contribution in [0.1, 0.15) is 22.9 Å². The SMILES string of the molecule is Cc1cccc(/C=C/C(=O)NC(CO)c2ccco2)c1. The van der Waals surface area contributed by atoms with Crippen LogP contribution in [0.5, 0.6) is 0 Å². The highest BCUT2D eigenvalue weighted by atomic mass is 16.3. The molecule has 0 spiro atoms. The highest BCUT2D eigenvalue weighted by molar-refractivity contribution is 5.91. The Morgan fingerprint density at radius 2 is 2.25 bits per heavy atom. The van der Waals surface area contributed by atoms with E-state index in [9.17, 15) is 9.90 Å². The normalized spacial score (nSPS) is 12.5. The number of rotatable bonds is 5. The lowest BCUT2D eigenvalue weighted by molar-refractivity contribution is -0.117. The van der Waals surface area contributed by atoms with Crippen molar-refractivity contribution in [3.63, 3.8) is 0 Å². The van der Waals surface area contributed by atoms with Gasteiger partial charge >= 0.3 is 0 Å². The van der Waals surface area contributed by atoms with Gasteiger partial charge in [-0.15, -0.1) is 0 Å². The summed E-state index contributed by atoms with van der Waals surface area (Å²) in [7, 11) is 0. The molecule has 0 radical (unpaired) electrons. The third-order valence-electron chi connectivity index (χ3n) is 2.85. The Labute approximate surface area is 117 Å². The maximum Gasteiger partial charge on any atom is 0.244 e. The molecule has 1 aromatic heterocycles. The number of aliphatic hydroxyl groups is 1. The third kappa shape index (κ3) is 3.83. The maximum atomic E-state index is 11.8. The average Bonchev–Trinajstić information content (AvgIpc) is 2.96. The van der Waals surface area contributed by atoms with Crippen molar-refractivity contribution in [3.05, 3.63) is 65.6 Å². The first kappa shape index (κ1) is 14.1. The highest BCUT2D eigenvalue weighted by Gasteiger charge is 2.14. The van der Waals surface area contributed by atoms with Crippen LogP contribution >= 0.6 is 0 Å². The number of benzene rings is 1. The lowest BCUT2D eigenvalue weighted by Gasteiger charge is -2.12. The van der Waals surface area contributed by atoms with Gasteiger partial charge in [0.05, 0.1) is 12.9 Å². The Bertz CT molecular complexity index is 588. The molecule has 2 aromatic rings. The zero-order valence-electron chi connectivity index (χ0n) is 11.2. The van der Waals surface area contributed by atoms with Crippen LogP contribution in [0.2, 0.25) is 0 Å². The first-order valence-electron chi connectivity index (χ1n) is 6.38. The highest BCUT2D eigenvalue weighted by Crippen LogP contribution is 2.12. The second-order valence-corrected chi connectivity index (χ2v) is 4.51. The van der Waals surface area contributed by atoms with E-state index in [0.29, 0.717) is 5.76 Å². The molecule has 4 heteroatoms. The summed E-state index contributed by atoms with van der Waals surface area (Å²) in [5.41, 5.74) is 2.09. The van der Waals surface area contributed by atoms with Crippen molar-refractivity contribution in [1.29, 1.82) is 0 Å². The van der Waals surface area contributed by atoms with E-state index in [4.69, 9.17) is 4.42 Å². The molecule has 0 aliphatic carbocycles. The summed E-state index contributed by atoms with van der Waals surface area (Å²) in [6, 6.07) is 10.7. The fourth-order valence-electron chi connectivity index (χ4n) is 1.86. The molecule has 1 heterocycles. The fourth-order valence-corrected chi connectivity index (χ4v) is 1.86. The Kier molecular flexibility index (Phi) is 4.74. The largest absolute Gasteiger partial charge is 0.467 e. The molecule has 0 bridgehead atoms. The van der Waals surface area contributed by atoms with Gasteiger partial charge in [0.1, 0.15) is 11.8 Å². The summed E-state index contributed by atoms with van der Waals surface area (Å²) in [5.74, 6) is 0.256. The molecule has 1 atom stereocenters. The van der Waals surface area contributed by atoms with E-state index in [2.05, 4.69) is 5.32 Å². The van der Waals surface area contributed by atoms with Crippen molar-refractivity contribution >= 4 is 12.0 Å². The van der Waals surface area contributed by atoms with E-state index >= 15 is 0 Å². The van der Waals surface area contributed by atoms with Crippen LogP contribution in [-0.4, -0.2) is 17.6 Å². The molecule has 0 saturated heterocycles. The van der Waals surface area contributed by atoms with Crippen molar-refractivity contribution in [3.8, 4) is 0 Å². The van der Waals surface area contributed by atoms with E-state index in [0.717, 1.165) is 11.1 Å². The predicted molar refractivity (Wildman–Crippen MR) is 76.9 cm³/mol. The number of furan rings is 1. The quantitative estimate of drug-likeness (QED) is 0.821. The lowest BCUT2D eigenvalue weighted by Crippen LogP contribution is -2.28. The maximum absolute atomic E-state index is 11.8. The first-order chi connectivity index (χ1) is 9.69. The molecular weight excluding hydrogens is 254 g/mol. The van der Waals surface area contributed by atoms with E-state index in [1.807, 2.05) is 31.2 Å². The Morgan fingerprint density at radius 3 is 2.90 bits per heavy atom. The number of amides is 1. The third-order valence-corrected chi connectivity index (χ3v) is 2.85. The summed E-state index contributed by atoms with van der Waals surface area (Å²) in [6.45, 7) is 1.79. The van der Waals surface area contributed by atoms with Crippen LogP contribution in [-0.2, 0) is 4.79 Å². The summed E-state index contributed by atoms with van der Waals surface area (Å²) in [5, 5.41) is 12.0. The van der Waals surface area contributed by atoms with Gasteiger partial charge < -0.3 is 14.8 Å². The number of hydrogen-bond acceptors (Lipinski definition) is 3. The number of carbonyl (C=O) groups excluding carboxylic acids is 1. The molecule has 1 unspecified atom stereocenters.